The number of Topliss-reactive ketones (excluding diaryl/α,β-unsaturated/α-hetero) is 2. The summed E-state index contributed by atoms with van der Waals surface area (Å²) in [5.74, 6) is -0.397. The molecule has 2 N–H and O–H groups in total. The molecule has 5 rings (SSSR count). The van der Waals surface area contributed by atoms with E-state index in [4.69, 9.17) is 4.74 Å². The zero-order valence-electron chi connectivity index (χ0n) is 16.1. The van der Waals surface area contributed by atoms with Gasteiger partial charge in [-0.2, -0.15) is 0 Å². The van der Waals surface area contributed by atoms with Gasteiger partial charge in [-0.05, 0) is 45.8 Å². The molecule has 28 heavy (non-hydrogen) atoms. The van der Waals surface area contributed by atoms with Crippen LogP contribution >= 0.6 is 12.4 Å². The number of rotatable bonds is 2. The summed E-state index contributed by atoms with van der Waals surface area (Å²) in [6, 6.07) is 0.162. The molecule has 4 aliphatic rings. The Morgan fingerprint density at radius 2 is 1.89 bits per heavy atom. The number of likely N-dealkylation sites (N-methyl/N-ethyl adjacent to an activating group) is 1. The van der Waals surface area contributed by atoms with E-state index >= 15 is 0 Å². The van der Waals surface area contributed by atoms with Crippen LogP contribution in [0.3, 0.4) is 0 Å². The molecule has 0 saturated carbocycles. The summed E-state index contributed by atoms with van der Waals surface area (Å²) < 4.78 is 6.15. The van der Waals surface area contributed by atoms with Gasteiger partial charge in [0.05, 0.1) is 5.56 Å². The number of likely N-dealkylation sites (tertiary alicyclic amines) is 1. The van der Waals surface area contributed by atoms with E-state index in [0.717, 1.165) is 24.1 Å². The number of hydrogen-bond acceptors (Lipinski definition) is 6. The molecule has 1 fully saturated rings. The molecule has 0 aromatic heterocycles. The highest BCUT2D eigenvalue weighted by Crippen LogP contribution is 2.63. The van der Waals surface area contributed by atoms with Crippen LogP contribution in [0.1, 0.15) is 52.1 Å². The second kappa shape index (κ2) is 6.05. The normalized spacial score (nSPS) is 34.3. The number of carbonyl (C=O) groups excluding carboxylic acids is 2. The topological polar surface area (TPSA) is 87.1 Å². The van der Waals surface area contributed by atoms with Gasteiger partial charge in [0.15, 0.2) is 23.1 Å². The number of halogens is 1. The summed E-state index contributed by atoms with van der Waals surface area (Å²) in [6.07, 6.45) is 3.96. The van der Waals surface area contributed by atoms with Gasteiger partial charge in [0.1, 0.15) is 12.2 Å². The Kier molecular flexibility index (Phi) is 4.20. The van der Waals surface area contributed by atoms with Crippen molar-refractivity contribution >= 4 is 24.0 Å². The van der Waals surface area contributed by atoms with Crippen LogP contribution in [0.15, 0.2) is 12.2 Å². The lowest BCUT2D eigenvalue weighted by molar-refractivity contribution is -0.0453. The lowest BCUT2D eigenvalue weighted by atomic mass is 9.52. The quantitative estimate of drug-likeness (QED) is 0.578. The zero-order chi connectivity index (χ0) is 19.2. The minimum absolute atomic E-state index is 0. The van der Waals surface area contributed by atoms with Crippen molar-refractivity contribution in [3.05, 3.63) is 34.4 Å². The lowest BCUT2D eigenvalue weighted by Crippen LogP contribution is -2.65. The first-order chi connectivity index (χ1) is 12.8. The number of hydrogen-bond donors (Lipinski definition) is 2. The first kappa shape index (κ1) is 19.4. The minimum atomic E-state index is -0.787. The smallest absolute Gasteiger partial charge is 0.169 e. The number of phenolic OH excluding ortho intramolecular Hbond substituents is 1. The number of carbonyl (C=O) groups is 2. The fourth-order valence-corrected chi connectivity index (χ4v) is 6.12. The first-order valence-corrected chi connectivity index (χ1v) is 9.46. The molecule has 1 aromatic rings. The second-order valence-corrected chi connectivity index (χ2v) is 8.38. The van der Waals surface area contributed by atoms with Crippen LogP contribution in [0, 0.1) is 5.92 Å². The monoisotopic (exact) mass is 405 g/mol. The van der Waals surface area contributed by atoms with Crippen LogP contribution in [-0.2, 0) is 11.8 Å². The van der Waals surface area contributed by atoms with Crippen LogP contribution in [0.2, 0.25) is 0 Å². The largest absolute Gasteiger partial charge is 0.504 e. The number of aromatic hydroxyl groups is 1. The van der Waals surface area contributed by atoms with Gasteiger partial charge >= 0.3 is 0 Å². The van der Waals surface area contributed by atoms with Crippen molar-refractivity contribution in [1.82, 2.24) is 4.90 Å². The summed E-state index contributed by atoms with van der Waals surface area (Å²) in [7, 11) is 2.08. The highest BCUT2D eigenvalue weighted by atomic mass is 35.5. The Hall–Kier alpha value is -1.89. The molecule has 0 unspecified atom stereocenters. The molecule has 0 amide bonds. The summed E-state index contributed by atoms with van der Waals surface area (Å²) >= 11 is 0. The number of aliphatic hydroxyl groups is 1. The van der Waals surface area contributed by atoms with E-state index in [1.807, 2.05) is 0 Å². The maximum absolute atomic E-state index is 12.6. The molecule has 1 saturated heterocycles. The number of ether oxygens (including phenoxy) is 1. The third-order valence-corrected chi connectivity index (χ3v) is 7.15. The SMILES string of the molecule is CC(=O)c1c(O)c2c3c(c1C(C)=O)C[C@@H]1[C@@H]4C=C[C@H](O)[C@H](O2)[C@]34CCN1C.Cl. The van der Waals surface area contributed by atoms with Crippen LogP contribution < -0.4 is 4.74 Å². The second-order valence-electron chi connectivity index (χ2n) is 8.38. The molecule has 6 nitrogen and oxygen atoms in total. The Morgan fingerprint density at radius 1 is 1.21 bits per heavy atom. The maximum atomic E-state index is 12.6. The van der Waals surface area contributed by atoms with Gasteiger partial charge in [0.25, 0.3) is 0 Å². The summed E-state index contributed by atoms with van der Waals surface area (Å²) in [5, 5.41) is 21.6. The predicted octanol–water partition coefficient (Wildman–Crippen LogP) is 2.03. The minimum Gasteiger partial charge on any atom is -0.504 e. The van der Waals surface area contributed by atoms with E-state index in [1.165, 1.54) is 13.8 Å². The average Bonchev–Trinajstić information content (AvgIpc) is 2.96. The van der Waals surface area contributed by atoms with Crippen molar-refractivity contribution in [2.24, 2.45) is 5.92 Å². The molecule has 7 heteroatoms. The number of aliphatic hydroxyl groups excluding tert-OH is 1. The van der Waals surface area contributed by atoms with Crippen LogP contribution in [0.25, 0.3) is 0 Å². The summed E-state index contributed by atoms with van der Waals surface area (Å²) in [5.41, 5.74) is 1.57. The van der Waals surface area contributed by atoms with Crippen molar-refractivity contribution in [3.8, 4) is 11.5 Å². The molecular weight excluding hydrogens is 382 g/mol. The first-order valence-electron chi connectivity index (χ1n) is 9.46. The third kappa shape index (κ3) is 2.06. The van der Waals surface area contributed by atoms with E-state index in [1.54, 1.807) is 6.08 Å². The average molecular weight is 406 g/mol. The fourth-order valence-electron chi connectivity index (χ4n) is 6.12. The standard InChI is InChI=1S/C21H23NO5.ClH/c1-9(23)15-11-8-13-12-4-5-14(25)20-21(12,6-7-22(13)3)17(11)19(27-20)18(26)16(15)10(2)24;/h4-5,12-14,20,25-26H,6-8H2,1-3H3;1H/t12-,13+,14-,20-,21-;/m0./s1. The van der Waals surface area contributed by atoms with E-state index in [0.29, 0.717) is 17.7 Å². The molecule has 2 aliphatic carbocycles. The Bertz CT molecular complexity index is 941. The van der Waals surface area contributed by atoms with E-state index in [2.05, 4.69) is 18.0 Å². The third-order valence-electron chi connectivity index (χ3n) is 7.15. The molecule has 0 radical (unpaired) electrons. The number of piperidine rings is 1. The van der Waals surface area contributed by atoms with E-state index in [9.17, 15) is 19.8 Å². The van der Waals surface area contributed by atoms with Gasteiger partial charge in [-0.25, -0.2) is 0 Å². The number of nitrogens with zero attached hydrogens (tertiary/aromatic N) is 1. The molecule has 2 bridgehead atoms. The van der Waals surface area contributed by atoms with Crippen LogP contribution in [0.5, 0.6) is 11.5 Å². The van der Waals surface area contributed by atoms with Crippen molar-refractivity contribution in [2.45, 2.75) is 50.4 Å². The van der Waals surface area contributed by atoms with Gasteiger partial charge in [-0.1, -0.05) is 12.2 Å². The molecule has 5 atom stereocenters. The van der Waals surface area contributed by atoms with Gasteiger partial charge < -0.3 is 19.8 Å². The zero-order valence-corrected chi connectivity index (χ0v) is 16.9. The number of benzene rings is 1. The van der Waals surface area contributed by atoms with E-state index in [-0.39, 0.29) is 47.2 Å². The van der Waals surface area contributed by atoms with Crippen LogP contribution in [-0.4, -0.2) is 58.5 Å². The van der Waals surface area contributed by atoms with E-state index < -0.39 is 17.6 Å². The Labute approximate surface area is 169 Å². The van der Waals surface area contributed by atoms with Gasteiger partial charge in [-0.15, -0.1) is 12.4 Å². The molecule has 150 valence electrons. The number of ketones is 2. The van der Waals surface area contributed by atoms with Crippen LogP contribution in [0.4, 0.5) is 0 Å². The molecule has 2 heterocycles. The molecule has 2 aliphatic heterocycles. The molecular formula is C21H24ClNO5. The number of phenols is 1. The van der Waals surface area contributed by atoms with Gasteiger partial charge in [0.2, 0.25) is 0 Å². The predicted molar refractivity (Wildman–Crippen MR) is 105 cm³/mol. The molecule has 1 spiro atoms. The van der Waals surface area contributed by atoms with Crippen molar-refractivity contribution in [2.75, 3.05) is 13.6 Å². The Morgan fingerprint density at radius 3 is 2.54 bits per heavy atom. The van der Waals surface area contributed by atoms with Crippen molar-refractivity contribution in [1.29, 1.82) is 0 Å². The van der Waals surface area contributed by atoms with Crippen molar-refractivity contribution < 1.29 is 24.5 Å². The highest BCUT2D eigenvalue weighted by molar-refractivity contribution is 6.11. The highest BCUT2D eigenvalue weighted by Gasteiger charge is 2.65. The van der Waals surface area contributed by atoms with Gasteiger partial charge in [-0.3, -0.25) is 9.59 Å². The van der Waals surface area contributed by atoms with Crippen molar-refractivity contribution in [3.63, 3.8) is 0 Å². The van der Waals surface area contributed by atoms with Gasteiger partial charge in [0, 0.05) is 28.5 Å². The molecule has 1 aromatic carbocycles. The maximum Gasteiger partial charge on any atom is 0.169 e. The summed E-state index contributed by atoms with van der Waals surface area (Å²) in [6.45, 7) is 3.65. The lowest BCUT2D eigenvalue weighted by Gasteiger charge is -2.56. The fraction of sp³-hybridized carbons (Fsp3) is 0.524. The Balaban J connectivity index is 0.00000192. The summed E-state index contributed by atoms with van der Waals surface area (Å²) in [4.78, 5) is 27.2.